The highest BCUT2D eigenvalue weighted by atomic mass is 16.5. The SMILES string of the molecule is Cc1ccc(C)c(C(=O)c2ccccc2C(=O)N2CCOC(C(N)=O)C2)c1. The average Bonchev–Trinajstić information content (AvgIpc) is 2.68. The van der Waals surface area contributed by atoms with E-state index in [-0.39, 0.29) is 24.8 Å². The van der Waals surface area contributed by atoms with Crippen LogP contribution < -0.4 is 5.73 Å². The highest BCUT2D eigenvalue weighted by molar-refractivity contribution is 6.16. The van der Waals surface area contributed by atoms with Crippen molar-refractivity contribution in [3.63, 3.8) is 0 Å². The third-order valence-corrected chi connectivity index (χ3v) is 4.71. The van der Waals surface area contributed by atoms with Crippen LogP contribution in [0.15, 0.2) is 42.5 Å². The Kier molecular flexibility index (Phi) is 5.37. The number of carbonyl (C=O) groups is 3. The Hall–Kier alpha value is -2.99. The summed E-state index contributed by atoms with van der Waals surface area (Å²) in [5.41, 5.74) is 8.36. The molecule has 1 unspecified atom stereocenters. The van der Waals surface area contributed by atoms with Crippen LogP contribution in [0.1, 0.15) is 37.4 Å². The Bertz CT molecular complexity index is 907. The lowest BCUT2D eigenvalue weighted by molar-refractivity contribution is -0.133. The molecule has 0 bridgehead atoms. The molecule has 140 valence electrons. The maximum absolute atomic E-state index is 13.1. The summed E-state index contributed by atoms with van der Waals surface area (Å²) in [5.74, 6) is -1.11. The molecule has 1 atom stereocenters. The van der Waals surface area contributed by atoms with Crippen LogP contribution in [-0.2, 0) is 9.53 Å². The van der Waals surface area contributed by atoms with Gasteiger partial charge in [0.05, 0.1) is 18.7 Å². The average molecular weight is 366 g/mol. The van der Waals surface area contributed by atoms with E-state index in [1.165, 1.54) is 4.90 Å². The maximum atomic E-state index is 13.1. The fourth-order valence-electron chi connectivity index (χ4n) is 3.17. The van der Waals surface area contributed by atoms with Crippen LogP contribution in [0.2, 0.25) is 0 Å². The predicted molar refractivity (Wildman–Crippen MR) is 101 cm³/mol. The van der Waals surface area contributed by atoms with Gasteiger partial charge in [-0.15, -0.1) is 0 Å². The molecule has 2 amide bonds. The molecule has 6 heteroatoms. The minimum absolute atomic E-state index is 0.0835. The van der Waals surface area contributed by atoms with Crippen LogP contribution in [0.5, 0.6) is 0 Å². The van der Waals surface area contributed by atoms with Gasteiger partial charge < -0.3 is 15.4 Å². The Labute approximate surface area is 157 Å². The first-order chi connectivity index (χ1) is 12.9. The largest absolute Gasteiger partial charge is 0.367 e. The molecule has 1 aliphatic heterocycles. The van der Waals surface area contributed by atoms with Gasteiger partial charge >= 0.3 is 0 Å². The summed E-state index contributed by atoms with van der Waals surface area (Å²) >= 11 is 0. The summed E-state index contributed by atoms with van der Waals surface area (Å²) in [6.45, 7) is 4.45. The zero-order valence-electron chi connectivity index (χ0n) is 15.4. The van der Waals surface area contributed by atoms with Gasteiger partial charge in [-0.05, 0) is 31.5 Å². The van der Waals surface area contributed by atoms with Crippen molar-refractivity contribution in [3.8, 4) is 0 Å². The molecule has 2 N–H and O–H groups in total. The molecule has 0 aliphatic carbocycles. The minimum atomic E-state index is -0.829. The topological polar surface area (TPSA) is 89.7 Å². The quantitative estimate of drug-likeness (QED) is 0.837. The van der Waals surface area contributed by atoms with Crippen molar-refractivity contribution in [2.75, 3.05) is 19.7 Å². The van der Waals surface area contributed by atoms with E-state index >= 15 is 0 Å². The zero-order valence-corrected chi connectivity index (χ0v) is 15.4. The van der Waals surface area contributed by atoms with Crippen molar-refractivity contribution in [1.82, 2.24) is 4.90 Å². The van der Waals surface area contributed by atoms with Crippen LogP contribution in [0.3, 0.4) is 0 Å². The third kappa shape index (κ3) is 3.90. The molecule has 1 saturated heterocycles. The lowest BCUT2D eigenvalue weighted by Gasteiger charge is -2.31. The number of primary amides is 1. The molecule has 1 heterocycles. The van der Waals surface area contributed by atoms with Gasteiger partial charge in [0.15, 0.2) is 11.9 Å². The molecule has 3 rings (SSSR count). The highest BCUT2D eigenvalue weighted by Gasteiger charge is 2.30. The summed E-state index contributed by atoms with van der Waals surface area (Å²) in [7, 11) is 0. The van der Waals surface area contributed by atoms with Gasteiger partial charge in [0.1, 0.15) is 0 Å². The molecule has 1 aliphatic rings. The molecule has 1 fully saturated rings. The number of hydrogen-bond donors (Lipinski definition) is 1. The number of rotatable bonds is 4. The monoisotopic (exact) mass is 366 g/mol. The summed E-state index contributed by atoms with van der Waals surface area (Å²) in [5, 5.41) is 0. The second-order valence-corrected chi connectivity index (χ2v) is 6.71. The van der Waals surface area contributed by atoms with Gasteiger partial charge in [-0.25, -0.2) is 0 Å². The normalized spacial score (nSPS) is 16.8. The Morgan fingerprint density at radius 2 is 1.74 bits per heavy atom. The van der Waals surface area contributed by atoms with Crippen molar-refractivity contribution >= 4 is 17.6 Å². The van der Waals surface area contributed by atoms with Crippen molar-refractivity contribution in [3.05, 3.63) is 70.3 Å². The van der Waals surface area contributed by atoms with E-state index in [4.69, 9.17) is 10.5 Å². The number of ether oxygens (including phenoxy) is 1. The molecule has 27 heavy (non-hydrogen) atoms. The predicted octanol–water partition coefficient (Wildman–Crippen LogP) is 1.86. The Morgan fingerprint density at radius 3 is 2.44 bits per heavy atom. The molecule has 0 aromatic heterocycles. The first-order valence-corrected chi connectivity index (χ1v) is 8.79. The number of carbonyl (C=O) groups excluding carboxylic acids is 3. The van der Waals surface area contributed by atoms with Crippen LogP contribution in [0, 0.1) is 13.8 Å². The molecule has 6 nitrogen and oxygen atoms in total. The van der Waals surface area contributed by atoms with E-state index in [1.807, 2.05) is 32.0 Å². The van der Waals surface area contributed by atoms with Gasteiger partial charge in [0.25, 0.3) is 5.91 Å². The maximum Gasteiger partial charge on any atom is 0.254 e. The van der Waals surface area contributed by atoms with Crippen LogP contribution in [0.4, 0.5) is 0 Å². The van der Waals surface area contributed by atoms with E-state index in [2.05, 4.69) is 0 Å². The van der Waals surface area contributed by atoms with Gasteiger partial charge in [-0.2, -0.15) is 0 Å². The van der Waals surface area contributed by atoms with Crippen LogP contribution in [0.25, 0.3) is 0 Å². The van der Waals surface area contributed by atoms with Crippen LogP contribution >= 0.6 is 0 Å². The first-order valence-electron chi connectivity index (χ1n) is 8.79. The number of nitrogens with zero attached hydrogens (tertiary/aromatic N) is 1. The van der Waals surface area contributed by atoms with Crippen molar-refractivity contribution in [2.24, 2.45) is 5.73 Å². The number of hydrogen-bond acceptors (Lipinski definition) is 4. The molecule has 2 aromatic carbocycles. The number of amides is 2. The number of benzene rings is 2. The lowest BCUT2D eigenvalue weighted by Crippen LogP contribution is -2.50. The van der Waals surface area contributed by atoms with E-state index < -0.39 is 12.0 Å². The van der Waals surface area contributed by atoms with E-state index in [9.17, 15) is 14.4 Å². The second kappa shape index (κ2) is 7.72. The molecular formula is C21H22N2O4. The number of morpholine rings is 1. The third-order valence-electron chi connectivity index (χ3n) is 4.71. The van der Waals surface area contributed by atoms with Crippen molar-refractivity contribution in [1.29, 1.82) is 0 Å². The summed E-state index contributed by atoms with van der Waals surface area (Å²) < 4.78 is 5.30. The minimum Gasteiger partial charge on any atom is -0.367 e. The zero-order chi connectivity index (χ0) is 19.6. The highest BCUT2D eigenvalue weighted by Crippen LogP contribution is 2.21. The van der Waals surface area contributed by atoms with Gasteiger partial charge in [0.2, 0.25) is 5.91 Å². The van der Waals surface area contributed by atoms with E-state index in [1.54, 1.807) is 24.3 Å². The first kappa shape index (κ1) is 18.8. The fourth-order valence-corrected chi connectivity index (χ4v) is 3.17. The van der Waals surface area contributed by atoms with Crippen molar-refractivity contribution in [2.45, 2.75) is 20.0 Å². The Balaban J connectivity index is 1.94. The lowest BCUT2D eigenvalue weighted by atomic mass is 9.93. The second-order valence-electron chi connectivity index (χ2n) is 6.71. The summed E-state index contributed by atoms with van der Waals surface area (Å²) in [6, 6.07) is 12.4. The van der Waals surface area contributed by atoms with E-state index in [0.717, 1.165) is 11.1 Å². The van der Waals surface area contributed by atoms with Crippen molar-refractivity contribution < 1.29 is 19.1 Å². The number of aryl methyl sites for hydroxylation is 2. The van der Waals surface area contributed by atoms with E-state index in [0.29, 0.717) is 23.2 Å². The Morgan fingerprint density at radius 1 is 1.04 bits per heavy atom. The molecule has 0 saturated carbocycles. The molecular weight excluding hydrogens is 344 g/mol. The number of nitrogens with two attached hydrogens (primary N) is 1. The molecule has 0 spiro atoms. The van der Waals surface area contributed by atoms with Gasteiger partial charge in [0, 0.05) is 17.7 Å². The van der Waals surface area contributed by atoms with Gasteiger partial charge in [-0.3, -0.25) is 14.4 Å². The fraction of sp³-hybridized carbons (Fsp3) is 0.286. The number of ketones is 1. The smallest absolute Gasteiger partial charge is 0.254 e. The standard InChI is InChI=1S/C21H22N2O4/c1-13-7-8-14(2)17(11-13)19(24)15-5-3-4-6-16(15)21(26)23-9-10-27-18(12-23)20(22)25/h3-8,11,18H,9-10,12H2,1-2H3,(H2,22,25). The summed E-state index contributed by atoms with van der Waals surface area (Å²) in [6.07, 6.45) is -0.829. The van der Waals surface area contributed by atoms with Gasteiger partial charge in [-0.1, -0.05) is 35.9 Å². The van der Waals surface area contributed by atoms with Crippen LogP contribution in [-0.4, -0.2) is 48.3 Å². The molecule has 0 radical (unpaired) electrons. The molecule has 2 aromatic rings. The summed E-state index contributed by atoms with van der Waals surface area (Å²) in [4.78, 5) is 39.1.